The van der Waals surface area contributed by atoms with Crippen molar-refractivity contribution in [2.75, 3.05) is 23.0 Å². The van der Waals surface area contributed by atoms with Crippen LogP contribution in [0.5, 0.6) is 5.75 Å². The second-order valence-corrected chi connectivity index (χ2v) is 9.83. The zero-order valence-corrected chi connectivity index (χ0v) is 20.8. The van der Waals surface area contributed by atoms with E-state index in [1.54, 1.807) is 9.80 Å². The van der Waals surface area contributed by atoms with Crippen LogP contribution in [0, 0.1) is 19.8 Å². The van der Waals surface area contributed by atoms with E-state index in [4.69, 9.17) is 9.72 Å². The predicted octanol–water partition coefficient (Wildman–Crippen LogP) is 6.03. The molecule has 1 fully saturated rings. The summed E-state index contributed by atoms with van der Waals surface area (Å²) in [7, 11) is 0. The van der Waals surface area contributed by atoms with Crippen molar-refractivity contribution in [1.29, 1.82) is 0 Å². The maximum atomic E-state index is 14.0. The molecule has 5 rings (SSSR count). The van der Waals surface area contributed by atoms with Gasteiger partial charge in [-0.3, -0.25) is 14.5 Å². The summed E-state index contributed by atoms with van der Waals surface area (Å²) in [6.45, 7) is 6.88. The van der Waals surface area contributed by atoms with Crippen molar-refractivity contribution in [2.45, 2.75) is 27.2 Å². The molecule has 35 heavy (non-hydrogen) atoms. The van der Waals surface area contributed by atoms with Crippen LogP contribution in [0.1, 0.15) is 24.5 Å². The summed E-state index contributed by atoms with van der Waals surface area (Å²) in [5.74, 6) is 0.113. The molecular formula is C28H27N3O3S. The number of aromatic nitrogens is 1. The van der Waals surface area contributed by atoms with Crippen LogP contribution in [0.25, 0.3) is 10.2 Å². The van der Waals surface area contributed by atoms with Crippen molar-refractivity contribution in [2.24, 2.45) is 5.92 Å². The Bertz CT molecular complexity index is 1340. The molecule has 178 valence electrons. The molecule has 6 nitrogen and oxygen atoms in total. The lowest BCUT2D eigenvalue weighted by atomic mass is 10.1. The predicted molar refractivity (Wildman–Crippen MR) is 141 cm³/mol. The SMILES string of the molecule is CCOc1ccc(N2C[C@@H](C(=O)N(c3cc(C)cc(C)c3)c3nc4ccccc4s3)CC2=O)cc1. The molecular weight excluding hydrogens is 458 g/mol. The zero-order valence-electron chi connectivity index (χ0n) is 20.0. The van der Waals surface area contributed by atoms with Crippen molar-refractivity contribution < 1.29 is 14.3 Å². The average Bonchev–Trinajstić information content (AvgIpc) is 3.43. The largest absolute Gasteiger partial charge is 0.494 e. The van der Waals surface area contributed by atoms with Crippen molar-refractivity contribution >= 4 is 49.9 Å². The van der Waals surface area contributed by atoms with Gasteiger partial charge in [-0.15, -0.1) is 0 Å². The lowest BCUT2D eigenvalue weighted by Gasteiger charge is -2.24. The van der Waals surface area contributed by atoms with Gasteiger partial charge in [0.1, 0.15) is 5.75 Å². The lowest BCUT2D eigenvalue weighted by Crippen LogP contribution is -2.34. The summed E-state index contributed by atoms with van der Waals surface area (Å²) in [6.07, 6.45) is 0.165. The zero-order chi connectivity index (χ0) is 24.5. The Morgan fingerprint density at radius 3 is 2.49 bits per heavy atom. The van der Waals surface area contributed by atoms with Crippen LogP contribution >= 0.6 is 11.3 Å². The third kappa shape index (κ3) is 4.64. The molecule has 0 bridgehead atoms. The van der Waals surface area contributed by atoms with Gasteiger partial charge in [0.25, 0.3) is 0 Å². The summed E-state index contributed by atoms with van der Waals surface area (Å²) in [4.78, 5) is 35.1. The Morgan fingerprint density at radius 1 is 1.09 bits per heavy atom. The van der Waals surface area contributed by atoms with Gasteiger partial charge >= 0.3 is 0 Å². The first-order valence-corrected chi connectivity index (χ1v) is 12.6. The summed E-state index contributed by atoms with van der Waals surface area (Å²) < 4.78 is 6.53. The highest BCUT2D eigenvalue weighted by molar-refractivity contribution is 7.22. The monoisotopic (exact) mass is 485 g/mol. The number of carbonyl (C=O) groups is 2. The number of benzene rings is 3. The number of thiazole rings is 1. The van der Waals surface area contributed by atoms with Gasteiger partial charge in [0.05, 0.1) is 28.4 Å². The van der Waals surface area contributed by atoms with E-state index in [1.165, 1.54) is 11.3 Å². The van der Waals surface area contributed by atoms with Crippen LogP contribution in [0.3, 0.4) is 0 Å². The third-order valence-electron chi connectivity index (χ3n) is 6.09. The molecule has 1 atom stereocenters. The van der Waals surface area contributed by atoms with Crippen LogP contribution in [0.2, 0.25) is 0 Å². The highest BCUT2D eigenvalue weighted by Crippen LogP contribution is 2.37. The topological polar surface area (TPSA) is 62.7 Å². The molecule has 4 aromatic rings. The fourth-order valence-corrected chi connectivity index (χ4v) is 5.55. The number of amides is 2. The molecule has 0 radical (unpaired) electrons. The normalized spacial score (nSPS) is 15.6. The van der Waals surface area contributed by atoms with Crippen LogP contribution in [-0.4, -0.2) is 29.9 Å². The lowest BCUT2D eigenvalue weighted by molar-refractivity contribution is -0.123. The number of aryl methyl sites for hydroxylation is 2. The van der Waals surface area contributed by atoms with Gasteiger partial charge in [-0.2, -0.15) is 0 Å². The molecule has 1 aliphatic heterocycles. The summed E-state index contributed by atoms with van der Waals surface area (Å²) in [5, 5.41) is 0.619. The first kappa shape index (κ1) is 23.1. The maximum absolute atomic E-state index is 14.0. The van der Waals surface area contributed by atoms with E-state index in [9.17, 15) is 9.59 Å². The van der Waals surface area contributed by atoms with E-state index >= 15 is 0 Å². The second-order valence-electron chi connectivity index (χ2n) is 8.82. The van der Waals surface area contributed by atoms with E-state index < -0.39 is 5.92 Å². The van der Waals surface area contributed by atoms with Crippen LogP contribution in [0.15, 0.2) is 66.7 Å². The number of hydrogen-bond acceptors (Lipinski definition) is 5. The van der Waals surface area contributed by atoms with Crippen molar-refractivity contribution in [3.8, 4) is 5.75 Å². The molecule has 2 heterocycles. The number of ether oxygens (including phenoxy) is 1. The van der Waals surface area contributed by atoms with Gasteiger partial charge in [-0.25, -0.2) is 4.98 Å². The highest BCUT2D eigenvalue weighted by Gasteiger charge is 2.39. The maximum Gasteiger partial charge on any atom is 0.238 e. The Labute approximate surface area is 208 Å². The number of nitrogens with zero attached hydrogens (tertiary/aromatic N) is 3. The Morgan fingerprint density at radius 2 is 1.80 bits per heavy atom. The molecule has 7 heteroatoms. The number of para-hydroxylation sites is 1. The van der Waals surface area contributed by atoms with Gasteiger partial charge in [0.2, 0.25) is 11.8 Å². The molecule has 0 aliphatic carbocycles. The minimum atomic E-state index is -0.470. The minimum Gasteiger partial charge on any atom is -0.494 e. The number of hydrogen-bond donors (Lipinski definition) is 0. The van der Waals surface area contributed by atoms with Crippen molar-refractivity contribution in [1.82, 2.24) is 4.98 Å². The number of fused-ring (bicyclic) bond motifs is 1. The standard InChI is InChI=1S/C28H27N3O3S/c1-4-34-23-11-9-21(10-12-23)30-17-20(16-26(30)32)27(33)31(22-14-18(2)13-19(3)15-22)28-29-24-7-5-6-8-25(24)35-28/h5-15,20H,4,16-17H2,1-3H3/t20-/m0/s1. The fraction of sp³-hybridized carbons (Fsp3) is 0.250. The Hall–Kier alpha value is -3.71. The van der Waals surface area contributed by atoms with E-state index in [1.807, 2.05) is 81.4 Å². The molecule has 1 saturated heterocycles. The molecule has 3 aromatic carbocycles. The molecule has 1 aromatic heterocycles. The van der Waals surface area contributed by atoms with E-state index in [2.05, 4.69) is 6.07 Å². The van der Waals surface area contributed by atoms with Crippen molar-refractivity contribution in [3.63, 3.8) is 0 Å². The van der Waals surface area contributed by atoms with Gasteiger partial charge in [0.15, 0.2) is 5.13 Å². The van der Waals surface area contributed by atoms with Gasteiger partial charge in [0, 0.05) is 18.7 Å². The van der Waals surface area contributed by atoms with Gasteiger partial charge in [-0.1, -0.05) is 29.5 Å². The number of rotatable bonds is 6. The van der Waals surface area contributed by atoms with Gasteiger partial charge < -0.3 is 9.64 Å². The van der Waals surface area contributed by atoms with Gasteiger partial charge in [-0.05, 0) is 80.4 Å². The Balaban J connectivity index is 1.48. The fourth-order valence-electron chi connectivity index (χ4n) is 4.56. The molecule has 1 aliphatic rings. The average molecular weight is 486 g/mol. The summed E-state index contributed by atoms with van der Waals surface area (Å²) >= 11 is 1.48. The smallest absolute Gasteiger partial charge is 0.238 e. The molecule has 2 amide bonds. The molecule has 0 N–H and O–H groups in total. The Kier molecular flexibility index (Phi) is 6.26. The van der Waals surface area contributed by atoms with Crippen LogP contribution < -0.4 is 14.5 Å². The quantitative estimate of drug-likeness (QED) is 0.335. The van der Waals surface area contributed by atoms with Crippen molar-refractivity contribution in [3.05, 3.63) is 77.9 Å². The third-order valence-corrected chi connectivity index (χ3v) is 7.11. The van der Waals surface area contributed by atoms with E-state index in [0.717, 1.165) is 38.5 Å². The second kappa shape index (κ2) is 9.50. The summed E-state index contributed by atoms with van der Waals surface area (Å²) in [5.41, 5.74) is 4.54. The summed E-state index contributed by atoms with van der Waals surface area (Å²) in [6, 6.07) is 21.4. The minimum absolute atomic E-state index is 0.0582. The number of carbonyl (C=O) groups excluding carboxylic acids is 2. The van der Waals surface area contributed by atoms with Crippen LogP contribution in [0.4, 0.5) is 16.5 Å². The van der Waals surface area contributed by atoms with E-state index in [-0.39, 0.29) is 18.2 Å². The highest BCUT2D eigenvalue weighted by atomic mass is 32.1. The first-order chi connectivity index (χ1) is 16.9. The molecule has 0 saturated carbocycles. The first-order valence-electron chi connectivity index (χ1n) is 11.7. The molecule has 0 spiro atoms. The number of anilines is 3. The molecule has 0 unspecified atom stereocenters. The van der Waals surface area contributed by atoms with Crippen LogP contribution in [-0.2, 0) is 9.59 Å². The van der Waals surface area contributed by atoms with E-state index in [0.29, 0.717) is 18.3 Å².